The summed E-state index contributed by atoms with van der Waals surface area (Å²) in [5.41, 5.74) is -1.24. The maximum Gasteiger partial charge on any atom is 0.491 e. The molecule has 78 valence electrons. The molecule has 0 saturated heterocycles. The Labute approximate surface area is 81.7 Å². The molecule has 0 aliphatic heterocycles. The van der Waals surface area contributed by atoms with Gasteiger partial charge in [-0.05, 0) is 0 Å². The molecule has 3 nitrogen and oxygen atoms in total. The Morgan fingerprint density at radius 2 is 2.07 bits per heavy atom. The van der Waals surface area contributed by atoms with Crippen LogP contribution in [0.5, 0.6) is 5.75 Å². The number of alkyl halides is 3. The maximum atomic E-state index is 12.1. The highest BCUT2D eigenvalue weighted by atomic mass is 35.5. The summed E-state index contributed by atoms with van der Waals surface area (Å²) in [5.74, 6) is -0.0860. The molecule has 0 radical (unpaired) electrons. The topological polar surface area (TPSA) is 31.2 Å². The van der Waals surface area contributed by atoms with Crippen LogP contribution >= 0.6 is 11.6 Å². The standard InChI is InChI=1S/C7H5ClF3NO2/c1-14-5-2-6(13)12(3-4(5)8)7(9,10)11/h2-3H,1H3. The molecule has 0 aromatic carbocycles. The Balaban J connectivity index is 3.37. The molecule has 1 aromatic heterocycles. The molecule has 0 aliphatic rings. The summed E-state index contributed by atoms with van der Waals surface area (Å²) in [7, 11) is 1.21. The molecule has 14 heavy (non-hydrogen) atoms. The van der Waals surface area contributed by atoms with Crippen molar-refractivity contribution in [1.82, 2.24) is 4.57 Å². The number of nitrogens with zero attached hydrogens (tertiary/aromatic N) is 1. The molecule has 0 N–H and O–H groups in total. The summed E-state index contributed by atoms with van der Waals surface area (Å²) < 4.78 is 40.5. The second kappa shape index (κ2) is 3.53. The number of ether oxygens (including phenoxy) is 1. The minimum atomic E-state index is -4.77. The lowest BCUT2D eigenvalue weighted by Gasteiger charge is -2.11. The Morgan fingerprint density at radius 3 is 2.50 bits per heavy atom. The summed E-state index contributed by atoms with van der Waals surface area (Å²) in [6.45, 7) is 0. The van der Waals surface area contributed by atoms with Crippen molar-refractivity contribution in [3.05, 3.63) is 27.6 Å². The van der Waals surface area contributed by atoms with Gasteiger partial charge >= 0.3 is 6.30 Å². The Bertz CT molecular complexity index is 399. The van der Waals surface area contributed by atoms with E-state index in [1.165, 1.54) is 7.11 Å². The first-order valence-corrected chi connectivity index (χ1v) is 3.77. The fourth-order valence-corrected chi connectivity index (χ4v) is 1.08. The van der Waals surface area contributed by atoms with Crippen molar-refractivity contribution in [2.45, 2.75) is 6.30 Å². The first-order chi connectivity index (χ1) is 6.36. The van der Waals surface area contributed by atoms with Crippen LogP contribution in [-0.4, -0.2) is 11.7 Å². The van der Waals surface area contributed by atoms with Gasteiger partial charge in [0, 0.05) is 12.3 Å². The van der Waals surface area contributed by atoms with Crippen LogP contribution in [0.4, 0.5) is 13.2 Å². The van der Waals surface area contributed by atoms with Crippen LogP contribution in [0.3, 0.4) is 0 Å². The molecule has 0 saturated carbocycles. The van der Waals surface area contributed by atoms with E-state index in [4.69, 9.17) is 11.6 Å². The van der Waals surface area contributed by atoms with Crippen LogP contribution in [0.25, 0.3) is 0 Å². The number of rotatable bonds is 1. The van der Waals surface area contributed by atoms with Crippen LogP contribution in [0.2, 0.25) is 5.02 Å². The van der Waals surface area contributed by atoms with Crippen LogP contribution in [-0.2, 0) is 6.30 Å². The summed E-state index contributed by atoms with van der Waals surface area (Å²) >= 11 is 5.42. The number of halogens is 4. The molecule has 0 atom stereocenters. The van der Waals surface area contributed by atoms with Crippen LogP contribution < -0.4 is 10.3 Å². The predicted molar refractivity (Wildman–Crippen MR) is 43.6 cm³/mol. The third-order valence-electron chi connectivity index (χ3n) is 1.46. The number of aromatic nitrogens is 1. The van der Waals surface area contributed by atoms with E-state index < -0.39 is 16.4 Å². The largest absolute Gasteiger partial charge is 0.495 e. The normalized spacial score (nSPS) is 11.5. The highest BCUT2D eigenvalue weighted by molar-refractivity contribution is 6.31. The second-order valence-electron chi connectivity index (χ2n) is 2.37. The van der Waals surface area contributed by atoms with Gasteiger partial charge in [-0.3, -0.25) is 4.79 Å². The van der Waals surface area contributed by atoms with E-state index in [2.05, 4.69) is 4.74 Å². The van der Waals surface area contributed by atoms with E-state index in [1.54, 1.807) is 0 Å². The quantitative estimate of drug-likeness (QED) is 0.735. The molecule has 1 rings (SSSR count). The van der Waals surface area contributed by atoms with Gasteiger partial charge in [-0.2, -0.15) is 0 Å². The molecule has 0 bridgehead atoms. The van der Waals surface area contributed by atoms with E-state index in [-0.39, 0.29) is 10.8 Å². The summed E-state index contributed by atoms with van der Waals surface area (Å²) in [5, 5.41) is -0.274. The van der Waals surface area contributed by atoms with E-state index in [0.717, 1.165) is 0 Å². The number of pyridine rings is 1. The van der Waals surface area contributed by atoms with Crippen LogP contribution in [0.15, 0.2) is 17.1 Å². The minimum absolute atomic E-state index is 0.0860. The van der Waals surface area contributed by atoms with Crippen molar-refractivity contribution in [3.63, 3.8) is 0 Å². The summed E-state index contributed by atoms with van der Waals surface area (Å²) in [6, 6.07) is 0.676. The third kappa shape index (κ3) is 2.01. The van der Waals surface area contributed by atoms with Gasteiger partial charge < -0.3 is 4.74 Å². The monoisotopic (exact) mass is 227 g/mol. The molecule has 0 fully saturated rings. The minimum Gasteiger partial charge on any atom is -0.495 e. The summed E-state index contributed by atoms with van der Waals surface area (Å²) in [6.07, 6.45) is -4.30. The third-order valence-corrected chi connectivity index (χ3v) is 1.75. The maximum absolute atomic E-state index is 12.1. The smallest absolute Gasteiger partial charge is 0.491 e. The Hall–Kier alpha value is -1.17. The zero-order chi connectivity index (χ0) is 10.9. The summed E-state index contributed by atoms with van der Waals surface area (Å²) in [4.78, 5) is 10.9. The van der Waals surface area contributed by atoms with Gasteiger partial charge in [0.1, 0.15) is 5.75 Å². The zero-order valence-corrected chi connectivity index (χ0v) is 7.69. The highest BCUT2D eigenvalue weighted by Gasteiger charge is 2.32. The molecule has 0 spiro atoms. The molecular formula is C7H5ClF3NO2. The number of methoxy groups -OCH3 is 1. The van der Waals surface area contributed by atoms with Gasteiger partial charge in [-0.25, -0.2) is 4.57 Å². The van der Waals surface area contributed by atoms with E-state index in [1.807, 2.05) is 0 Å². The molecule has 0 aliphatic carbocycles. The van der Waals surface area contributed by atoms with E-state index >= 15 is 0 Å². The first-order valence-electron chi connectivity index (χ1n) is 3.39. The Morgan fingerprint density at radius 1 is 1.50 bits per heavy atom. The Kier molecular flexibility index (Phi) is 2.75. The van der Waals surface area contributed by atoms with Gasteiger partial charge in [0.15, 0.2) is 0 Å². The van der Waals surface area contributed by atoms with Crippen molar-refractivity contribution in [3.8, 4) is 5.75 Å². The SMILES string of the molecule is COc1cc(=O)n(C(F)(F)F)cc1Cl. The van der Waals surface area contributed by atoms with Crippen molar-refractivity contribution < 1.29 is 17.9 Å². The van der Waals surface area contributed by atoms with E-state index in [0.29, 0.717) is 12.3 Å². The second-order valence-corrected chi connectivity index (χ2v) is 2.77. The van der Waals surface area contributed by atoms with E-state index in [9.17, 15) is 18.0 Å². The molecule has 0 amide bonds. The van der Waals surface area contributed by atoms with Gasteiger partial charge in [-0.15, -0.1) is 13.2 Å². The first kappa shape index (κ1) is 10.9. The van der Waals surface area contributed by atoms with Crippen molar-refractivity contribution in [1.29, 1.82) is 0 Å². The van der Waals surface area contributed by atoms with Gasteiger partial charge in [0.05, 0.1) is 12.1 Å². The average molecular weight is 228 g/mol. The molecule has 1 aromatic rings. The molecule has 0 unspecified atom stereocenters. The molecule has 1 heterocycles. The zero-order valence-electron chi connectivity index (χ0n) is 6.93. The lowest BCUT2D eigenvalue weighted by molar-refractivity contribution is -0.206. The predicted octanol–water partition coefficient (Wildman–Crippen LogP) is 1.99. The van der Waals surface area contributed by atoms with Crippen molar-refractivity contribution in [2.24, 2.45) is 0 Å². The molecule has 7 heteroatoms. The van der Waals surface area contributed by atoms with Gasteiger partial charge in [-0.1, -0.05) is 11.6 Å². The fraction of sp³-hybridized carbons (Fsp3) is 0.286. The van der Waals surface area contributed by atoms with Crippen LogP contribution in [0.1, 0.15) is 0 Å². The van der Waals surface area contributed by atoms with Crippen LogP contribution in [0, 0.1) is 0 Å². The number of hydrogen-bond donors (Lipinski definition) is 0. The van der Waals surface area contributed by atoms with Gasteiger partial charge in [0.2, 0.25) is 0 Å². The van der Waals surface area contributed by atoms with Crippen molar-refractivity contribution >= 4 is 11.6 Å². The lowest BCUT2D eigenvalue weighted by atomic mass is 10.4. The lowest BCUT2D eigenvalue weighted by Crippen LogP contribution is -2.29. The average Bonchev–Trinajstić information content (AvgIpc) is 2.06. The molecular weight excluding hydrogens is 223 g/mol. The van der Waals surface area contributed by atoms with Gasteiger partial charge in [0.25, 0.3) is 5.56 Å². The number of hydrogen-bond acceptors (Lipinski definition) is 2. The fourth-order valence-electron chi connectivity index (χ4n) is 0.846. The van der Waals surface area contributed by atoms with Crippen molar-refractivity contribution in [2.75, 3.05) is 7.11 Å². The highest BCUT2D eigenvalue weighted by Crippen LogP contribution is 2.26.